The molecule has 5 heteroatoms. The number of hydrogen-bond acceptors (Lipinski definition) is 3. The lowest BCUT2D eigenvalue weighted by molar-refractivity contribution is -0.144. The lowest BCUT2D eigenvalue weighted by atomic mass is 9.85. The molecule has 21 heavy (non-hydrogen) atoms. The van der Waals surface area contributed by atoms with Crippen LogP contribution in [-0.4, -0.2) is 35.7 Å². The maximum absolute atomic E-state index is 12.4. The fourth-order valence-corrected chi connectivity index (χ4v) is 3.82. The largest absolute Gasteiger partial charge is 0.355 e. The monoisotopic (exact) mass is 290 g/mol. The van der Waals surface area contributed by atoms with E-state index in [1.807, 2.05) is 0 Å². The second-order valence-electron chi connectivity index (χ2n) is 6.79. The minimum Gasteiger partial charge on any atom is -0.355 e. The Labute approximate surface area is 124 Å². The van der Waals surface area contributed by atoms with Crippen molar-refractivity contribution in [2.24, 2.45) is 29.6 Å². The molecule has 3 rings (SSSR count). The fraction of sp³-hybridized carbons (Fsp3) is 0.688. The molecule has 1 saturated carbocycles. The highest BCUT2D eigenvalue weighted by molar-refractivity contribution is 6.08. The molecule has 4 atom stereocenters. The number of hydrogen-bond donors (Lipinski definition) is 1. The Bertz CT molecular complexity index is 482. The summed E-state index contributed by atoms with van der Waals surface area (Å²) in [6, 6.07) is 0. The summed E-state index contributed by atoms with van der Waals surface area (Å²) < 4.78 is 0. The molecule has 3 amide bonds. The summed E-state index contributed by atoms with van der Waals surface area (Å²) in [6.07, 6.45) is 5.93. The van der Waals surface area contributed by atoms with Crippen LogP contribution in [0, 0.1) is 29.6 Å². The first kappa shape index (κ1) is 14.3. The first-order valence-electron chi connectivity index (χ1n) is 7.79. The Balaban J connectivity index is 1.59. The van der Waals surface area contributed by atoms with Gasteiger partial charge in [-0.2, -0.15) is 0 Å². The van der Waals surface area contributed by atoms with Gasteiger partial charge in [-0.3, -0.25) is 19.3 Å². The van der Waals surface area contributed by atoms with Crippen LogP contribution >= 0.6 is 0 Å². The Morgan fingerprint density at radius 1 is 1.24 bits per heavy atom. The number of carbonyl (C=O) groups is 3. The van der Waals surface area contributed by atoms with Crippen LogP contribution in [0.5, 0.6) is 0 Å². The van der Waals surface area contributed by atoms with E-state index in [2.05, 4.69) is 31.3 Å². The van der Waals surface area contributed by atoms with Gasteiger partial charge in [0.2, 0.25) is 17.7 Å². The normalized spacial score (nSPS) is 33.2. The molecule has 5 nitrogen and oxygen atoms in total. The van der Waals surface area contributed by atoms with E-state index in [0.717, 1.165) is 12.8 Å². The number of nitrogens with zero attached hydrogens (tertiary/aromatic N) is 1. The molecule has 2 fully saturated rings. The molecule has 1 heterocycles. The van der Waals surface area contributed by atoms with Crippen molar-refractivity contribution in [1.82, 2.24) is 10.2 Å². The van der Waals surface area contributed by atoms with Crippen molar-refractivity contribution in [1.29, 1.82) is 0 Å². The quantitative estimate of drug-likeness (QED) is 0.606. The molecule has 114 valence electrons. The zero-order valence-corrected chi connectivity index (χ0v) is 12.5. The third kappa shape index (κ3) is 2.39. The predicted octanol–water partition coefficient (Wildman–Crippen LogP) is 0.956. The van der Waals surface area contributed by atoms with Crippen molar-refractivity contribution >= 4 is 17.7 Å². The van der Waals surface area contributed by atoms with Gasteiger partial charge in [0.1, 0.15) is 6.54 Å². The lowest BCUT2D eigenvalue weighted by Gasteiger charge is -2.17. The highest BCUT2D eigenvalue weighted by Gasteiger charge is 2.59. The van der Waals surface area contributed by atoms with Crippen molar-refractivity contribution in [3.05, 3.63) is 12.2 Å². The SMILES string of the molecule is CC(C)CCNC(=O)CN1C(=O)[C@@H]2[C@H](C1=O)[C@H]1C=C[C@H]2C1. The van der Waals surface area contributed by atoms with Gasteiger partial charge in [-0.05, 0) is 30.6 Å². The number of rotatable bonds is 5. The van der Waals surface area contributed by atoms with Crippen LogP contribution < -0.4 is 5.32 Å². The Morgan fingerprint density at radius 3 is 2.33 bits per heavy atom. The van der Waals surface area contributed by atoms with Crippen molar-refractivity contribution < 1.29 is 14.4 Å². The number of likely N-dealkylation sites (tertiary alicyclic amines) is 1. The van der Waals surface area contributed by atoms with Gasteiger partial charge in [-0.1, -0.05) is 26.0 Å². The number of imide groups is 1. The van der Waals surface area contributed by atoms with Crippen LogP contribution in [0.4, 0.5) is 0 Å². The van der Waals surface area contributed by atoms with E-state index in [1.54, 1.807) is 0 Å². The summed E-state index contributed by atoms with van der Waals surface area (Å²) in [7, 11) is 0. The van der Waals surface area contributed by atoms with Crippen LogP contribution in [0.1, 0.15) is 26.7 Å². The van der Waals surface area contributed by atoms with Crippen LogP contribution in [0.2, 0.25) is 0 Å². The molecule has 2 aliphatic carbocycles. The highest BCUT2D eigenvalue weighted by Crippen LogP contribution is 2.52. The zero-order valence-electron chi connectivity index (χ0n) is 12.5. The molecule has 0 radical (unpaired) electrons. The summed E-state index contributed by atoms with van der Waals surface area (Å²) in [6.45, 7) is 4.64. The summed E-state index contributed by atoms with van der Waals surface area (Å²) in [5.74, 6) is -0.0522. The molecule has 0 aromatic rings. The van der Waals surface area contributed by atoms with Gasteiger partial charge in [-0.25, -0.2) is 0 Å². The summed E-state index contributed by atoms with van der Waals surface area (Å²) in [5.41, 5.74) is 0. The molecule has 3 aliphatic rings. The molecular weight excluding hydrogens is 268 g/mol. The van der Waals surface area contributed by atoms with E-state index >= 15 is 0 Å². The van der Waals surface area contributed by atoms with E-state index < -0.39 is 0 Å². The average molecular weight is 290 g/mol. The van der Waals surface area contributed by atoms with Crippen LogP contribution in [-0.2, 0) is 14.4 Å². The molecule has 0 unspecified atom stereocenters. The fourth-order valence-electron chi connectivity index (χ4n) is 3.82. The maximum Gasteiger partial charge on any atom is 0.240 e. The van der Waals surface area contributed by atoms with Crippen LogP contribution in [0.25, 0.3) is 0 Å². The third-order valence-electron chi connectivity index (χ3n) is 4.91. The van der Waals surface area contributed by atoms with Crippen molar-refractivity contribution in [2.45, 2.75) is 26.7 Å². The molecule has 0 spiro atoms. The lowest BCUT2D eigenvalue weighted by Crippen LogP contribution is -2.42. The highest BCUT2D eigenvalue weighted by atomic mass is 16.2. The van der Waals surface area contributed by atoms with E-state index in [4.69, 9.17) is 0 Å². The first-order valence-corrected chi connectivity index (χ1v) is 7.79. The number of nitrogens with one attached hydrogen (secondary N) is 1. The van der Waals surface area contributed by atoms with E-state index in [1.165, 1.54) is 4.90 Å². The van der Waals surface area contributed by atoms with Gasteiger partial charge in [-0.15, -0.1) is 0 Å². The van der Waals surface area contributed by atoms with Gasteiger partial charge in [0, 0.05) is 6.54 Å². The van der Waals surface area contributed by atoms with Gasteiger partial charge in [0.15, 0.2) is 0 Å². The van der Waals surface area contributed by atoms with E-state index in [0.29, 0.717) is 12.5 Å². The van der Waals surface area contributed by atoms with Crippen LogP contribution in [0.15, 0.2) is 12.2 Å². The molecule has 1 aliphatic heterocycles. The second-order valence-corrected chi connectivity index (χ2v) is 6.79. The maximum atomic E-state index is 12.4. The van der Waals surface area contributed by atoms with E-state index in [-0.39, 0.29) is 47.9 Å². The summed E-state index contributed by atoms with van der Waals surface area (Å²) >= 11 is 0. The number of amides is 3. The molecule has 2 bridgehead atoms. The molecule has 1 saturated heterocycles. The van der Waals surface area contributed by atoms with Gasteiger partial charge in [0.25, 0.3) is 0 Å². The Morgan fingerprint density at radius 2 is 1.81 bits per heavy atom. The van der Waals surface area contributed by atoms with Crippen molar-refractivity contribution in [3.63, 3.8) is 0 Å². The number of fused-ring (bicyclic) bond motifs is 5. The smallest absolute Gasteiger partial charge is 0.240 e. The molecule has 1 N–H and O–H groups in total. The Kier molecular flexibility index (Phi) is 3.59. The average Bonchev–Trinajstić information content (AvgIpc) is 3.08. The Hall–Kier alpha value is -1.65. The third-order valence-corrected chi connectivity index (χ3v) is 4.91. The number of carbonyl (C=O) groups excluding carboxylic acids is 3. The predicted molar refractivity (Wildman–Crippen MR) is 76.9 cm³/mol. The minimum absolute atomic E-state index is 0.123. The standard InChI is InChI=1S/C16H22N2O3/c1-9(2)5-6-17-12(19)8-18-15(20)13-10-3-4-11(7-10)14(13)16(18)21/h3-4,9-11,13-14H,5-8H2,1-2H3,(H,17,19)/t10-,11-,13-,14+/m0/s1. The first-order chi connectivity index (χ1) is 9.99. The summed E-state index contributed by atoms with van der Waals surface area (Å²) in [4.78, 5) is 37.9. The van der Waals surface area contributed by atoms with Crippen LogP contribution in [0.3, 0.4) is 0 Å². The summed E-state index contributed by atoms with van der Waals surface area (Å²) in [5, 5.41) is 2.79. The van der Waals surface area contributed by atoms with Crippen molar-refractivity contribution in [3.8, 4) is 0 Å². The van der Waals surface area contributed by atoms with Gasteiger partial charge < -0.3 is 5.32 Å². The zero-order chi connectivity index (χ0) is 15.1. The topological polar surface area (TPSA) is 66.5 Å². The number of allylic oxidation sites excluding steroid dienone is 2. The van der Waals surface area contributed by atoms with Gasteiger partial charge in [0.05, 0.1) is 11.8 Å². The second kappa shape index (κ2) is 5.28. The molecular formula is C16H22N2O3. The van der Waals surface area contributed by atoms with Gasteiger partial charge >= 0.3 is 0 Å². The molecule has 0 aromatic heterocycles. The molecule has 0 aromatic carbocycles. The van der Waals surface area contributed by atoms with Crippen molar-refractivity contribution in [2.75, 3.05) is 13.1 Å². The minimum atomic E-state index is -0.238. The van der Waals surface area contributed by atoms with E-state index in [9.17, 15) is 14.4 Å².